The summed E-state index contributed by atoms with van der Waals surface area (Å²) >= 11 is 0. The first-order chi connectivity index (χ1) is 60.2. The Bertz CT molecular complexity index is 7160. The molecular formula is C108H66N8O6. The lowest BCUT2D eigenvalue weighted by Gasteiger charge is -2.14. The zero-order valence-corrected chi connectivity index (χ0v) is 65.1. The normalized spacial score (nSPS) is 11.7. The van der Waals surface area contributed by atoms with Crippen molar-refractivity contribution in [2.24, 2.45) is 0 Å². The highest BCUT2D eigenvalue weighted by Gasteiger charge is 2.24. The maximum Gasteiger partial charge on any atom is 0.343 e. The van der Waals surface area contributed by atoms with Gasteiger partial charge in [0.1, 0.15) is 11.5 Å². The highest BCUT2D eigenvalue weighted by molar-refractivity contribution is 6.13. The number of hydrogen-bond donors (Lipinski definition) is 0. The minimum atomic E-state index is -0.704. The van der Waals surface area contributed by atoms with Gasteiger partial charge in [-0.15, -0.1) is 20.4 Å². The Morgan fingerprint density at radius 3 is 0.689 bits per heavy atom. The van der Waals surface area contributed by atoms with Gasteiger partial charge in [0.15, 0.2) is 0 Å². The topological polar surface area (TPSA) is 150 Å². The van der Waals surface area contributed by atoms with Crippen LogP contribution in [-0.4, -0.2) is 50.6 Å². The molecule has 0 atom stereocenters. The highest BCUT2D eigenvalue weighted by Crippen LogP contribution is 2.43. The van der Waals surface area contributed by atoms with Crippen molar-refractivity contribution in [1.82, 2.24) is 38.7 Å². The van der Waals surface area contributed by atoms with Crippen LogP contribution in [0.4, 0.5) is 0 Å². The number of ether oxygens (including phenoxy) is 2. The Balaban J connectivity index is 0.520. The second-order valence-corrected chi connectivity index (χ2v) is 30.5. The van der Waals surface area contributed by atoms with Crippen molar-refractivity contribution >= 4 is 99.2 Å². The maximum absolute atomic E-state index is 14.2. The second-order valence-electron chi connectivity index (χ2n) is 30.5. The van der Waals surface area contributed by atoms with Crippen molar-refractivity contribution in [2.45, 2.75) is 0 Å². The predicted molar refractivity (Wildman–Crippen MR) is 486 cm³/mol. The van der Waals surface area contributed by atoms with Crippen molar-refractivity contribution in [3.05, 3.63) is 412 Å². The van der Waals surface area contributed by atoms with Gasteiger partial charge in [0, 0.05) is 88.1 Å². The predicted octanol–water partition coefficient (Wildman–Crippen LogP) is 26.6. The standard InChI is InChI=1S/C108H66N8O6/c117-107(119-85-36-22-28-71(65-85)103-109-111-105(121-103)79-57-75(67-24-18-32-81(61-67)113-95-46-9-1-38-87(95)88-39-2-10-47-96(88)113)55-76(58-79)68-25-19-33-82(62-68)114-97-48-11-3-40-89(97)90-41-4-12-49-98(90)114)73-30-17-31-74(54-73)108(118)120-86-37-23-29-72(66-86)104-110-112-106(122-104)80-59-77(69-26-20-34-83(63-69)115-99-50-13-5-42-91(99)92-43-6-14-51-100(92)115)56-78(60-80)70-27-21-35-84(64-70)116-101-52-15-7-44-93(101)94-45-8-16-53-102(94)116/h1-66H. The van der Waals surface area contributed by atoms with Crippen LogP contribution >= 0.6 is 0 Å². The molecule has 0 unspecified atom stereocenters. The molecular weight excluding hydrogens is 1510 g/mol. The lowest BCUT2D eigenvalue weighted by molar-refractivity contribution is 0.0734. The molecule has 14 heteroatoms. The van der Waals surface area contributed by atoms with Crippen LogP contribution in [0.2, 0.25) is 0 Å². The summed E-state index contributed by atoms with van der Waals surface area (Å²) < 4.78 is 34.7. The van der Waals surface area contributed by atoms with E-state index < -0.39 is 11.9 Å². The molecule has 14 nitrogen and oxygen atoms in total. The van der Waals surface area contributed by atoms with Crippen molar-refractivity contribution in [3.63, 3.8) is 0 Å². The zero-order valence-electron chi connectivity index (χ0n) is 65.1. The highest BCUT2D eigenvalue weighted by atomic mass is 16.5. The zero-order chi connectivity index (χ0) is 80.9. The minimum absolute atomic E-state index is 0.118. The van der Waals surface area contributed by atoms with Crippen LogP contribution in [0.15, 0.2) is 409 Å². The number of aromatic nitrogens is 8. The van der Waals surface area contributed by atoms with Crippen molar-refractivity contribution in [1.29, 1.82) is 0 Å². The summed E-state index contributed by atoms with van der Waals surface area (Å²) in [5.74, 6) is 0.0256. The Kier molecular flexibility index (Phi) is 16.8. The van der Waals surface area contributed by atoms with E-state index in [2.05, 4.69) is 366 Å². The van der Waals surface area contributed by atoms with E-state index in [-0.39, 0.29) is 34.4 Å². The molecule has 23 aromatic rings. The number of rotatable bonds is 16. The van der Waals surface area contributed by atoms with Gasteiger partial charge in [-0.3, -0.25) is 0 Å². The maximum atomic E-state index is 14.2. The van der Waals surface area contributed by atoms with E-state index in [9.17, 15) is 9.59 Å². The molecule has 0 aliphatic heterocycles. The Hall–Kier alpha value is -16.8. The average molecular weight is 1570 g/mol. The molecule has 574 valence electrons. The van der Waals surface area contributed by atoms with Crippen molar-refractivity contribution < 1.29 is 27.9 Å². The van der Waals surface area contributed by atoms with Gasteiger partial charge < -0.3 is 36.6 Å². The number of esters is 2. The van der Waals surface area contributed by atoms with Gasteiger partial charge in [0.05, 0.1) is 55.3 Å². The average Bonchev–Trinajstić information content (AvgIpc) is 1.62. The Morgan fingerprint density at radius 2 is 0.418 bits per heavy atom. The fourth-order valence-corrected chi connectivity index (χ4v) is 17.7. The van der Waals surface area contributed by atoms with E-state index in [1.165, 1.54) is 49.2 Å². The van der Waals surface area contributed by atoms with E-state index in [1.807, 2.05) is 12.1 Å². The van der Waals surface area contributed by atoms with E-state index in [0.717, 1.165) is 111 Å². The van der Waals surface area contributed by atoms with Crippen LogP contribution in [0, 0.1) is 0 Å². The molecule has 0 fully saturated rings. The first-order valence-electron chi connectivity index (χ1n) is 40.4. The smallest absolute Gasteiger partial charge is 0.343 e. The number of benzene rings is 17. The van der Waals surface area contributed by atoms with E-state index in [1.54, 1.807) is 54.6 Å². The van der Waals surface area contributed by atoms with Crippen LogP contribution < -0.4 is 9.47 Å². The largest absolute Gasteiger partial charge is 0.423 e. The Labute approximate surface area is 697 Å². The molecule has 122 heavy (non-hydrogen) atoms. The van der Waals surface area contributed by atoms with Crippen molar-refractivity contribution in [3.8, 4) is 125 Å². The van der Waals surface area contributed by atoms with Crippen LogP contribution in [0.1, 0.15) is 20.7 Å². The molecule has 6 aromatic heterocycles. The van der Waals surface area contributed by atoms with Crippen LogP contribution in [0.5, 0.6) is 11.5 Å². The fourth-order valence-electron chi connectivity index (χ4n) is 17.7. The molecule has 23 rings (SSSR count). The van der Waals surface area contributed by atoms with Gasteiger partial charge in [-0.25, -0.2) is 9.59 Å². The van der Waals surface area contributed by atoms with Crippen molar-refractivity contribution in [2.75, 3.05) is 0 Å². The molecule has 17 aromatic carbocycles. The summed E-state index contributed by atoms with van der Waals surface area (Å²) in [5, 5.41) is 28.0. The SMILES string of the molecule is O=C(Oc1cccc(-c2nnc(-c3cc(-c4cccc(-n5c6ccccc6c6ccccc65)c4)cc(-c4cccc(-n5c6ccccc6c6ccccc65)c4)c3)o2)c1)c1cccc(C(=O)Oc2cccc(-c3nnc(-c4cc(-c5cccc(-n6c7ccccc7c7ccccc76)c5)cc(-c5cccc(-n6c7ccccc7c7ccccc76)c5)c4)o3)c2)c1. The van der Waals surface area contributed by atoms with Crippen LogP contribution in [-0.2, 0) is 0 Å². The molecule has 0 radical (unpaired) electrons. The lowest BCUT2D eigenvalue weighted by Crippen LogP contribution is -2.12. The molecule has 0 N–H and O–H groups in total. The second kappa shape index (κ2) is 29.1. The number of para-hydroxylation sites is 8. The molecule has 0 bridgehead atoms. The molecule has 0 spiro atoms. The number of hydrogen-bond acceptors (Lipinski definition) is 10. The third-order valence-corrected chi connectivity index (χ3v) is 23.2. The summed E-state index contributed by atoms with van der Waals surface area (Å²) in [5.41, 5.74) is 23.4. The van der Waals surface area contributed by atoms with Gasteiger partial charge >= 0.3 is 11.9 Å². The number of nitrogens with zero attached hydrogens (tertiary/aromatic N) is 8. The number of fused-ring (bicyclic) bond motifs is 12. The molecule has 0 aliphatic carbocycles. The first kappa shape index (κ1) is 70.6. The quantitative estimate of drug-likeness (QED) is 0.0675. The van der Waals surface area contributed by atoms with Gasteiger partial charge in [0.2, 0.25) is 23.6 Å². The summed E-state index contributed by atoms with van der Waals surface area (Å²) in [7, 11) is 0. The summed E-state index contributed by atoms with van der Waals surface area (Å²) in [6, 6.07) is 136. The molecule has 0 saturated heterocycles. The molecule has 6 heterocycles. The third kappa shape index (κ3) is 12.4. The molecule has 0 aliphatic rings. The minimum Gasteiger partial charge on any atom is -0.423 e. The monoisotopic (exact) mass is 1570 g/mol. The summed E-state index contributed by atoms with van der Waals surface area (Å²) in [4.78, 5) is 28.4. The molecule has 0 saturated carbocycles. The number of carbonyl (C=O) groups excluding carboxylic acids is 2. The van der Waals surface area contributed by atoms with E-state index in [0.29, 0.717) is 34.0 Å². The first-order valence-corrected chi connectivity index (χ1v) is 40.4. The number of carbonyl (C=O) groups is 2. The van der Waals surface area contributed by atoms with E-state index >= 15 is 0 Å². The lowest BCUT2D eigenvalue weighted by atomic mass is 9.95. The van der Waals surface area contributed by atoms with Crippen LogP contribution in [0.25, 0.3) is 200 Å². The van der Waals surface area contributed by atoms with Gasteiger partial charge in [-0.2, -0.15) is 0 Å². The van der Waals surface area contributed by atoms with E-state index in [4.69, 9.17) is 18.3 Å². The van der Waals surface area contributed by atoms with Crippen LogP contribution in [0.3, 0.4) is 0 Å². The van der Waals surface area contributed by atoms with Gasteiger partial charge in [-0.1, -0.05) is 212 Å². The Morgan fingerprint density at radius 1 is 0.197 bits per heavy atom. The molecule has 0 amide bonds. The van der Waals surface area contributed by atoms with Gasteiger partial charge in [0.25, 0.3) is 0 Å². The summed E-state index contributed by atoms with van der Waals surface area (Å²) in [6.45, 7) is 0. The summed E-state index contributed by atoms with van der Waals surface area (Å²) in [6.07, 6.45) is 0. The fraction of sp³-hybridized carbons (Fsp3) is 0. The third-order valence-electron chi connectivity index (χ3n) is 23.2. The van der Waals surface area contributed by atoms with Gasteiger partial charge in [-0.05, 0) is 233 Å².